The highest BCUT2D eigenvalue weighted by Crippen LogP contribution is 2.40. The zero-order valence-electron chi connectivity index (χ0n) is 23.5. The van der Waals surface area contributed by atoms with Crippen molar-refractivity contribution in [3.63, 3.8) is 0 Å². The number of allylic oxidation sites excluding steroid dienone is 1. The van der Waals surface area contributed by atoms with Crippen LogP contribution in [0.2, 0.25) is 0 Å². The van der Waals surface area contributed by atoms with Crippen molar-refractivity contribution in [3.05, 3.63) is 90.0 Å². The Morgan fingerprint density at radius 2 is 1.32 bits per heavy atom. The molecule has 1 aliphatic carbocycles. The highest BCUT2D eigenvalue weighted by molar-refractivity contribution is 5.72. The second-order valence-corrected chi connectivity index (χ2v) is 11.0. The largest absolute Gasteiger partial charge is 0.490 e. The van der Waals surface area contributed by atoms with Gasteiger partial charge >= 0.3 is 0 Å². The van der Waals surface area contributed by atoms with Crippen molar-refractivity contribution in [1.29, 1.82) is 0 Å². The van der Waals surface area contributed by atoms with Crippen LogP contribution < -0.4 is 4.74 Å². The van der Waals surface area contributed by atoms with Crippen molar-refractivity contribution in [3.8, 4) is 28.0 Å². The fourth-order valence-corrected chi connectivity index (χ4v) is 5.80. The first-order valence-electron chi connectivity index (χ1n) is 14.7. The summed E-state index contributed by atoms with van der Waals surface area (Å²) < 4.78 is 65.5. The van der Waals surface area contributed by atoms with Crippen molar-refractivity contribution >= 4 is 0 Å². The lowest BCUT2D eigenvalue weighted by Gasteiger charge is -2.29. The Morgan fingerprint density at radius 1 is 0.725 bits per heavy atom. The van der Waals surface area contributed by atoms with E-state index in [0.717, 1.165) is 70.6 Å². The molecule has 0 heterocycles. The molecular weight excluding hydrogens is 512 g/mol. The molecule has 1 aliphatic rings. The van der Waals surface area contributed by atoms with E-state index in [1.54, 1.807) is 36.4 Å². The molecule has 3 aromatic carbocycles. The van der Waals surface area contributed by atoms with Gasteiger partial charge in [0.2, 0.25) is 5.82 Å². The monoisotopic (exact) mass is 552 g/mol. The predicted molar refractivity (Wildman–Crippen MR) is 156 cm³/mol. The Balaban J connectivity index is 1.43. The van der Waals surface area contributed by atoms with Crippen molar-refractivity contribution < 1.29 is 22.3 Å². The summed E-state index contributed by atoms with van der Waals surface area (Å²) in [4.78, 5) is 0. The molecule has 1 nitrogen and oxygen atoms in total. The standard InChI is InChI=1S/C35H40F4O/c1-3-5-7-8-9-23-40-31-22-21-30(34(38)35(31)39)27-17-15-26(16-18-27)29-20-19-28(32(36)33(29)37)25-13-11-24(12-14-25)10-6-4-2/h4,15-22,24-25H,2-3,5-14,23H2,1H3. The van der Waals surface area contributed by atoms with Crippen LogP contribution in [0.25, 0.3) is 22.3 Å². The molecule has 0 atom stereocenters. The molecule has 0 amide bonds. The van der Waals surface area contributed by atoms with E-state index >= 15 is 8.78 Å². The van der Waals surface area contributed by atoms with E-state index in [1.807, 2.05) is 6.08 Å². The van der Waals surface area contributed by atoms with E-state index in [2.05, 4.69) is 13.5 Å². The maximum absolute atomic E-state index is 15.2. The summed E-state index contributed by atoms with van der Waals surface area (Å²) in [6.45, 7) is 6.26. The van der Waals surface area contributed by atoms with Gasteiger partial charge in [-0.1, -0.05) is 75.1 Å². The van der Waals surface area contributed by atoms with Crippen LogP contribution in [0.5, 0.6) is 5.75 Å². The second kappa shape index (κ2) is 14.5. The van der Waals surface area contributed by atoms with E-state index < -0.39 is 23.3 Å². The van der Waals surface area contributed by atoms with E-state index in [9.17, 15) is 8.78 Å². The molecule has 214 valence electrons. The minimum absolute atomic E-state index is 0.0248. The minimum Gasteiger partial charge on any atom is -0.490 e. The molecule has 1 fully saturated rings. The average Bonchev–Trinajstić information content (AvgIpc) is 2.98. The van der Waals surface area contributed by atoms with Gasteiger partial charge < -0.3 is 4.74 Å². The SMILES string of the molecule is C=CCCC1CCC(c2ccc(-c3ccc(-c4ccc(OCCCCCCC)c(F)c4F)cc3)c(F)c2F)CC1. The molecule has 0 aromatic heterocycles. The molecule has 1 saturated carbocycles. The Labute approximate surface area is 236 Å². The van der Waals surface area contributed by atoms with E-state index in [0.29, 0.717) is 29.2 Å². The number of unbranched alkanes of at least 4 members (excludes halogenated alkanes) is 4. The molecular formula is C35H40F4O. The maximum Gasteiger partial charge on any atom is 0.201 e. The van der Waals surface area contributed by atoms with Crippen LogP contribution in [0.15, 0.2) is 61.2 Å². The number of benzene rings is 3. The van der Waals surface area contributed by atoms with Gasteiger partial charge in [-0.3, -0.25) is 0 Å². The van der Waals surface area contributed by atoms with Crippen LogP contribution in [0.1, 0.15) is 89.0 Å². The first kappa shape index (κ1) is 29.9. The molecule has 0 radical (unpaired) electrons. The van der Waals surface area contributed by atoms with Gasteiger partial charge in [0.1, 0.15) is 0 Å². The highest BCUT2D eigenvalue weighted by atomic mass is 19.2. The molecule has 40 heavy (non-hydrogen) atoms. The maximum atomic E-state index is 15.2. The smallest absolute Gasteiger partial charge is 0.201 e. The quantitative estimate of drug-likeness (QED) is 0.116. The van der Waals surface area contributed by atoms with Crippen LogP contribution in [-0.2, 0) is 0 Å². The number of halogens is 4. The third-order valence-corrected chi connectivity index (χ3v) is 8.24. The molecule has 0 unspecified atom stereocenters. The normalized spacial score (nSPS) is 17.1. The fraction of sp³-hybridized carbons (Fsp3) is 0.429. The Kier molecular flexibility index (Phi) is 10.9. The first-order valence-corrected chi connectivity index (χ1v) is 14.7. The summed E-state index contributed by atoms with van der Waals surface area (Å²) in [7, 11) is 0. The summed E-state index contributed by atoms with van der Waals surface area (Å²) in [5.74, 6) is -3.11. The van der Waals surface area contributed by atoms with Crippen molar-refractivity contribution in [2.24, 2.45) is 5.92 Å². The predicted octanol–water partition coefficient (Wildman–Crippen LogP) is 11.2. The van der Waals surface area contributed by atoms with Crippen molar-refractivity contribution in [2.75, 3.05) is 6.61 Å². The van der Waals surface area contributed by atoms with Crippen LogP contribution in [0.3, 0.4) is 0 Å². The lowest BCUT2D eigenvalue weighted by molar-refractivity contribution is 0.285. The summed E-state index contributed by atoms with van der Waals surface area (Å²) in [5.41, 5.74) is 1.61. The van der Waals surface area contributed by atoms with E-state index in [1.165, 1.54) is 12.1 Å². The second-order valence-electron chi connectivity index (χ2n) is 11.0. The molecule has 0 N–H and O–H groups in total. The van der Waals surface area contributed by atoms with Crippen LogP contribution in [0, 0.1) is 29.2 Å². The molecule has 3 aromatic rings. The van der Waals surface area contributed by atoms with E-state index in [-0.39, 0.29) is 22.8 Å². The molecule has 0 saturated heterocycles. The van der Waals surface area contributed by atoms with Gasteiger partial charge in [-0.05, 0) is 85.6 Å². The zero-order chi connectivity index (χ0) is 28.5. The number of ether oxygens (including phenoxy) is 1. The molecule has 0 aliphatic heterocycles. The third kappa shape index (κ3) is 7.16. The molecule has 5 heteroatoms. The van der Waals surface area contributed by atoms with Crippen molar-refractivity contribution in [1.82, 2.24) is 0 Å². The van der Waals surface area contributed by atoms with E-state index in [4.69, 9.17) is 4.74 Å². The molecule has 4 rings (SSSR count). The number of hydrogen-bond acceptors (Lipinski definition) is 1. The van der Waals surface area contributed by atoms with Crippen LogP contribution in [-0.4, -0.2) is 6.61 Å². The summed E-state index contributed by atoms with van der Waals surface area (Å²) >= 11 is 0. The first-order chi connectivity index (χ1) is 19.4. The fourth-order valence-electron chi connectivity index (χ4n) is 5.80. The molecule has 0 bridgehead atoms. The Morgan fingerprint density at radius 3 is 1.95 bits per heavy atom. The number of hydrogen-bond donors (Lipinski definition) is 0. The summed E-state index contributed by atoms with van der Waals surface area (Å²) in [6.07, 6.45) is 13.0. The summed E-state index contributed by atoms with van der Waals surface area (Å²) in [5, 5.41) is 0. The minimum atomic E-state index is -1.02. The van der Waals surface area contributed by atoms with Crippen LogP contribution >= 0.6 is 0 Å². The van der Waals surface area contributed by atoms with Gasteiger partial charge in [-0.2, -0.15) is 4.39 Å². The lowest BCUT2D eigenvalue weighted by Crippen LogP contribution is -2.15. The Hall–Kier alpha value is -3.08. The average molecular weight is 553 g/mol. The topological polar surface area (TPSA) is 9.23 Å². The van der Waals surface area contributed by atoms with Gasteiger partial charge in [0.25, 0.3) is 0 Å². The third-order valence-electron chi connectivity index (χ3n) is 8.24. The summed E-state index contributed by atoms with van der Waals surface area (Å²) in [6, 6.07) is 12.7. The molecule has 0 spiro atoms. The van der Waals surface area contributed by atoms with Crippen molar-refractivity contribution in [2.45, 2.75) is 83.5 Å². The van der Waals surface area contributed by atoms with Gasteiger partial charge in [-0.15, -0.1) is 6.58 Å². The number of rotatable bonds is 13. The van der Waals surface area contributed by atoms with Gasteiger partial charge in [0.15, 0.2) is 23.2 Å². The van der Waals surface area contributed by atoms with Crippen LogP contribution in [0.4, 0.5) is 17.6 Å². The zero-order valence-corrected chi connectivity index (χ0v) is 23.5. The Bertz CT molecular complexity index is 1260. The van der Waals surface area contributed by atoms with Gasteiger partial charge in [0.05, 0.1) is 6.61 Å². The lowest BCUT2D eigenvalue weighted by atomic mass is 9.77. The van der Waals surface area contributed by atoms with Gasteiger partial charge in [-0.25, -0.2) is 13.2 Å². The highest BCUT2D eigenvalue weighted by Gasteiger charge is 2.26. The van der Waals surface area contributed by atoms with Gasteiger partial charge in [0, 0.05) is 11.1 Å².